The number of hydrogen-bond donors (Lipinski definition) is 1. The molecule has 3 aromatic carbocycles. The van der Waals surface area contributed by atoms with E-state index < -0.39 is 5.54 Å². The summed E-state index contributed by atoms with van der Waals surface area (Å²) in [5.74, 6) is 0.00482. The number of benzene rings is 3. The van der Waals surface area contributed by atoms with Crippen LogP contribution in [-0.4, -0.2) is 22.5 Å². The molecule has 1 N–H and O–H groups in total. The van der Waals surface area contributed by atoms with Crippen LogP contribution < -0.4 is 0 Å². The van der Waals surface area contributed by atoms with E-state index in [-0.39, 0.29) is 18.6 Å². The van der Waals surface area contributed by atoms with Gasteiger partial charge in [-0.05, 0) is 41.2 Å². The van der Waals surface area contributed by atoms with Gasteiger partial charge in [0.05, 0.1) is 18.2 Å². The maximum absolute atomic E-state index is 13.6. The van der Waals surface area contributed by atoms with Crippen LogP contribution in [0.25, 0.3) is 0 Å². The Balaban J connectivity index is 1.77. The molecule has 0 aromatic heterocycles. The van der Waals surface area contributed by atoms with Crippen molar-refractivity contribution >= 4 is 5.91 Å². The summed E-state index contributed by atoms with van der Waals surface area (Å²) in [5, 5.41) is 10.3. The van der Waals surface area contributed by atoms with Crippen molar-refractivity contribution in [3.63, 3.8) is 0 Å². The third kappa shape index (κ3) is 2.15. The predicted octanol–water partition coefficient (Wildman–Crippen LogP) is 4.07. The fourth-order valence-corrected chi connectivity index (χ4v) is 5.00. The van der Waals surface area contributed by atoms with Crippen LogP contribution in [0.4, 0.5) is 0 Å². The van der Waals surface area contributed by atoms with Crippen LogP contribution in [0.3, 0.4) is 0 Å². The van der Waals surface area contributed by atoms with E-state index in [1.807, 2.05) is 59.5 Å². The quantitative estimate of drug-likeness (QED) is 0.769. The molecule has 1 aliphatic heterocycles. The lowest BCUT2D eigenvalue weighted by Crippen LogP contribution is -2.46. The summed E-state index contributed by atoms with van der Waals surface area (Å²) < 4.78 is 0. The molecule has 0 radical (unpaired) electrons. The van der Waals surface area contributed by atoms with Gasteiger partial charge in [0.25, 0.3) is 5.91 Å². The summed E-state index contributed by atoms with van der Waals surface area (Å²) in [7, 11) is 0. The molecule has 3 nitrogen and oxygen atoms in total. The number of fused-ring (bicyclic) bond motifs is 4. The Hall–Kier alpha value is -2.91. The standard InChI is InChI=1S/C24H21NO2/c26-16-22(18-9-2-1-3-10-18)25-23(27)19-11-5-7-13-21(19)24(25)15-14-17-8-4-6-12-20(17)24/h1-13,22,26H,14-16H2/t22-,24+/m0/s1. The van der Waals surface area contributed by atoms with Crippen molar-refractivity contribution in [3.8, 4) is 0 Å². The molecule has 1 aliphatic carbocycles. The van der Waals surface area contributed by atoms with Gasteiger partial charge >= 0.3 is 0 Å². The summed E-state index contributed by atoms with van der Waals surface area (Å²) in [6, 6.07) is 25.8. The predicted molar refractivity (Wildman–Crippen MR) is 104 cm³/mol. The van der Waals surface area contributed by atoms with Gasteiger partial charge in [-0.3, -0.25) is 4.79 Å². The zero-order valence-electron chi connectivity index (χ0n) is 15.0. The Morgan fingerprint density at radius 1 is 0.889 bits per heavy atom. The summed E-state index contributed by atoms with van der Waals surface area (Å²) >= 11 is 0. The topological polar surface area (TPSA) is 40.5 Å². The maximum Gasteiger partial charge on any atom is 0.255 e. The van der Waals surface area contributed by atoms with Crippen molar-refractivity contribution in [2.75, 3.05) is 6.61 Å². The third-order valence-corrected chi connectivity index (χ3v) is 6.12. The first kappa shape index (κ1) is 16.3. The Labute approximate surface area is 158 Å². The van der Waals surface area contributed by atoms with Gasteiger partial charge in [-0.2, -0.15) is 0 Å². The molecule has 1 heterocycles. The summed E-state index contributed by atoms with van der Waals surface area (Å²) in [5.41, 5.74) is 4.75. The van der Waals surface area contributed by atoms with Crippen LogP contribution in [0, 0.1) is 0 Å². The first-order chi connectivity index (χ1) is 13.3. The van der Waals surface area contributed by atoms with Crippen molar-refractivity contribution in [3.05, 3.63) is 107 Å². The normalized spacial score (nSPS) is 21.4. The number of hydrogen-bond acceptors (Lipinski definition) is 2. The highest BCUT2D eigenvalue weighted by Gasteiger charge is 2.55. The van der Waals surface area contributed by atoms with Crippen molar-refractivity contribution in [1.82, 2.24) is 4.90 Å². The van der Waals surface area contributed by atoms with Crippen LogP contribution in [0.15, 0.2) is 78.9 Å². The van der Waals surface area contributed by atoms with Crippen LogP contribution in [0.1, 0.15) is 45.1 Å². The van der Waals surface area contributed by atoms with Crippen LogP contribution >= 0.6 is 0 Å². The molecular formula is C24H21NO2. The first-order valence-corrected chi connectivity index (χ1v) is 9.45. The monoisotopic (exact) mass is 355 g/mol. The molecule has 1 amide bonds. The van der Waals surface area contributed by atoms with Gasteiger partial charge < -0.3 is 10.0 Å². The lowest BCUT2D eigenvalue weighted by molar-refractivity contribution is 0.0345. The number of rotatable bonds is 3. The Bertz CT molecular complexity index is 1010. The van der Waals surface area contributed by atoms with Gasteiger partial charge in [0.2, 0.25) is 0 Å². The molecule has 2 atom stereocenters. The zero-order chi connectivity index (χ0) is 18.4. The lowest BCUT2D eigenvalue weighted by atomic mass is 9.83. The van der Waals surface area contributed by atoms with E-state index in [0.717, 1.165) is 29.5 Å². The largest absolute Gasteiger partial charge is 0.394 e. The van der Waals surface area contributed by atoms with Crippen LogP contribution in [0.2, 0.25) is 0 Å². The SMILES string of the molecule is O=C1c2ccccc2[C@]2(CCc3ccccc32)N1[C@@H](CO)c1ccccc1. The molecule has 27 heavy (non-hydrogen) atoms. The summed E-state index contributed by atoms with van der Waals surface area (Å²) in [6.07, 6.45) is 1.78. The molecule has 2 aliphatic rings. The number of amides is 1. The average molecular weight is 355 g/mol. The first-order valence-electron chi connectivity index (χ1n) is 9.45. The average Bonchev–Trinajstić information content (AvgIpc) is 3.23. The summed E-state index contributed by atoms with van der Waals surface area (Å²) in [6.45, 7) is -0.104. The second-order valence-corrected chi connectivity index (χ2v) is 7.35. The van der Waals surface area contributed by atoms with Crippen molar-refractivity contribution in [2.45, 2.75) is 24.4 Å². The van der Waals surface area contributed by atoms with Crippen molar-refractivity contribution < 1.29 is 9.90 Å². The fraction of sp³-hybridized carbons (Fsp3) is 0.208. The van der Waals surface area contributed by atoms with Crippen LogP contribution in [-0.2, 0) is 12.0 Å². The molecule has 134 valence electrons. The van der Waals surface area contributed by atoms with Gasteiger partial charge in [0, 0.05) is 5.56 Å². The zero-order valence-corrected chi connectivity index (χ0v) is 15.0. The molecular weight excluding hydrogens is 334 g/mol. The third-order valence-electron chi connectivity index (χ3n) is 6.12. The number of nitrogens with zero attached hydrogens (tertiary/aromatic N) is 1. The minimum atomic E-state index is -0.506. The minimum Gasteiger partial charge on any atom is -0.394 e. The highest BCUT2D eigenvalue weighted by molar-refractivity contribution is 6.01. The van der Waals surface area contributed by atoms with E-state index in [2.05, 4.69) is 24.3 Å². The van der Waals surface area contributed by atoms with Crippen LogP contribution in [0.5, 0.6) is 0 Å². The number of aliphatic hydroxyl groups excluding tert-OH is 1. The van der Waals surface area contributed by atoms with Crippen molar-refractivity contribution in [2.24, 2.45) is 0 Å². The molecule has 0 unspecified atom stereocenters. The minimum absolute atomic E-state index is 0.00482. The number of aryl methyl sites for hydroxylation is 1. The number of carbonyl (C=O) groups excluding carboxylic acids is 1. The Morgan fingerprint density at radius 2 is 1.56 bits per heavy atom. The van der Waals surface area contributed by atoms with E-state index in [4.69, 9.17) is 0 Å². The van der Waals surface area contributed by atoms with E-state index >= 15 is 0 Å². The smallest absolute Gasteiger partial charge is 0.255 e. The molecule has 3 heteroatoms. The van der Waals surface area contributed by atoms with E-state index in [1.165, 1.54) is 11.1 Å². The van der Waals surface area contributed by atoms with Gasteiger partial charge in [0.1, 0.15) is 0 Å². The van der Waals surface area contributed by atoms with Gasteiger partial charge in [0.15, 0.2) is 0 Å². The molecule has 1 spiro atoms. The molecule has 0 fully saturated rings. The maximum atomic E-state index is 13.6. The second-order valence-electron chi connectivity index (χ2n) is 7.35. The molecule has 0 saturated carbocycles. The molecule has 3 aromatic rings. The van der Waals surface area contributed by atoms with E-state index in [1.54, 1.807) is 0 Å². The molecule has 0 saturated heterocycles. The Kier molecular flexibility index (Phi) is 3.66. The van der Waals surface area contributed by atoms with E-state index in [9.17, 15) is 9.90 Å². The molecule has 5 rings (SSSR count). The Morgan fingerprint density at radius 3 is 2.33 bits per heavy atom. The second kappa shape index (κ2) is 6.07. The lowest BCUT2D eigenvalue weighted by Gasteiger charge is -2.42. The van der Waals surface area contributed by atoms with Crippen molar-refractivity contribution in [1.29, 1.82) is 0 Å². The fourth-order valence-electron chi connectivity index (χ4n) is 5.00. The molecule has 0 bridgehead atoms. The van der Waals surface area contributed by atoms with Gasteiger partial charge in [-0.25, -0.2) is 0 Å². The highest BCUT2D eigenvalue weighted by Crippen LogP contribution is 2.54. The van der Waals surface area contributed by atoms with Gasteiger partial charge in [-0.1, -0.05) is 72.8 Å². The summed E-state index contributed by atoms with van der Waals surface area (Å²) in [4.78, 5) is 15.5. The van der Waals surface area contributed by atoms with Gasteiger partial charge in [-0.15, -0.1) is 0 Å². The number of aliphatic hydroxyl groups is 1. The highest BCUT2D eigenvalue weighted by atomic mass is 16.3. The van der Waals surface area contributed by atoms with E-state index in [0.29, 0.717) is 0 Å². The number of carbonyl (C=O) groups is 1.